The molecule has 1 heterocycles. The lowest BCUT2D eigenvalue weighted by molar-refractivity contribution is 0.0695. The van der Waals surface area contributed by atoms with Gasteiger partial charge in [0.15, 0.2) is 0 Å². The number of aromatic carboxylic acids is 1. The maximum atomic E-state index is 11.0. The third-order valence-electron chi connectivity index (χ3n) is 2.55. The van der Waals surface area contributed by atoms with Crippen LogP contribution in [0.3, 0.4) is 0 Å². The molecule has 102 valence electrons. The van der Waals surface area contributed by atoms with Crippen molar-refractivity contribution in [3.63, 3.8) is 0 Å². The zero-order valence-electron chi connectivity index (χ0n) is 10.8. The van der Waals surface area contributed by atoms with Crippen LogP contribution < -0.4 is 5.32 Å². The highest BCUT2D eigenvalue weighted by Gasteiger charge is 2.20. The molecule has 0 aliphatic heterocycles. The van der Waals surface area contributed by atoms with Gasteiger partial charge in [0.05, 0.1) is 17.5 Å². The Morgan fingerprint density at radius 2 is 2.33 bits per heavy atom. The number of aliphatic hydroxyl groups is 1. The van der Waals surface area contributed by atoms with Crippen molar-refractivity contribution in [2.24, 2.45) is 7.05 Å². The minimum Gasteiger partial charge on any atom is -0.478 e. The third-order valence-corrected chi connectivity index (χ3v) is 3.46. The van der Waals surface area contributed by atoms with Crippen LogP contribution in [0.5, 0.6) is 0 Å². The van der Waals surface area contributed by atoms with Gasteiger partial charge in [0, 0.05) is 25.9 Å². The maximum absolute atomic E-state index is 11.0. The van der Waals surface area contributed by atoms with Gasteiger partial charge in [-0.2, -0.15) is 16.9 Å². The third kappa shape index (κ3) is 4.01. The average Bonchev–Trinajstić information content (AvgIpc) is 2.60. The Morgan fingerprint density at radius 3 is 2.89 bits per heavy atom. The molecule has 0 aliphatic carbocycles. The lowest BCUT2D eigenvalue weighted by atomic mass is 10.1. The Bertz CT molecular complexity index is 418. The van der Waals surface area contributed by atoms with Crippen molar-refractivity contribution in [2.45, 2.75) is 19.1 Å². The summed E-state index contributed by atoms with van der Waals surface area (Å²) in [6.45, 7) is 2.51. The van der Waals surface area contributed by atoms with Crippen LogP contribution in [-0.2, 0) is 13.6 Å². The number of rotatable bonds is 7. The van der Waals surface area contributed by atoms with Crippen molar-refractivity contribution < 1.29 is 15.0 Å². The monoisotopic (exact) mass is 273 g/mol. The van der Waals surface area contributed by atoms with E-state index in [-0.39, 0.29) is 5.56 Å². The van der Waals surface area contributed by atoms with E-state index in [0.29, 0.717) is 24.5 Å². The molecular weight excluding hydrogens is 254 g/mol. The summed E-state index contributed by atoms with van der Waals surface area (Å²) in [7, 11) is 1.70. The molecule has 0 aliphatic rings. The zero-order chi connectivity index (χ0) is 13.8. The Balaban J connectivity index is 2.59. The number of nitrogens with zero attached hydrogens (tertiary/aromatic N) is 2. The second-order valence-electron chi connectivity index (χ2n) is 4.47. The quantitative estimate of drug-likeness (QED) is 0.663. The maximum Gasteiger partial charge on any atom is 0.339 e. The van der Waals surface area contributed by atoms with Gasteiger partial charge < -0.3 is 15.5 Å². The second-order valence-corrected chi connectivity index (χ2v) is 5.33. The smallest absolute Gasteiger partial charge is 0.339 e. The summed E-state index contributed by atoms with van der Waals surface area (Å²) in [6, 6.07) is 0. The van der Waals surface area contributed by atoms with Gasteiger partial charge >= 0.3 is 5.97 Å². The van der Waals surface area contributed by atoms with Crippen LogP contribution in [0.15, 0.2) is 6.20 Å². The molecule has 0 spiro atoms. The van der Waals surface area contributed by atoms with Gasteiger partial charge in [0.2, 0.25) is 0 Å². The Morgan fingerprint density at radius 1 is 1.67 bits per heavy atom. The van der Waals surface area contributed by atoms with Crippen LogP contribution in [0.25, 0.3) is 0 Å². The summed E-state index contributed by atoms with van der Waals surface area (Å²) in [5.74, 6) is -0.368. The lowest BCUT2D eigenvalue weighted by Gasteiger charge is -2.22. The number of carboxylic acid groups (broad SMARTS) is 1. The van der Waals surface area contributed by atoms with E-state index in [1.165, 1.54) is 10.9 Å². The molecule has 1 rings (SSSR count). The number of aryl methyl sites for hydroxylation is 1. The molecule has 0 saturated heterocycles. The predicted molar refractivity (Wildman–Crippen MR) is 70.9 cm³/mol. The van der Waals surface area contributed by atoms with Crippen LogP contribution in [0, 0.1) is 0 Å². The van der Waals surface area contributed by atoms with Crippen molar-refractivity contribution in [3.05, 3.63) is 17.5 Å². The molecule has 3 N–H and O–H groups in total. The standard InChI is InChI=1S/C11H19N3O3S/c1-11(17,7-18-3)6-12-5-9-8(10(15)16)4-13-14(9)2/h4,12,17H,5-7H2,1-3H3,(H,15,16). The number of carbonyl (C=O) groups is 1. The minimum atomic E-state index is -0.990. The fourth-order valence-electron chi connectivity index (χ4n) is 1.66. The van der Waals surface area contributed by atoms with Gasteiger partial charge in [-0.25, -0.2) is 4.79 Å². The zero-order valence-corrected chi connectivity index (χ0v) is 11.6. The molecule has 0 saturated carbocycles. The van der Waals surface area contributed by atoms with Gasteiger partial charge in [0.25, 0.3) is 0 Å². The first kappa shape index (κ1) is 15.0. The number of hydrogen-bond acceptors (Lipinski definition) is 5. The van der Waals surface area contributed by atoms with E-state index < -0.39 is 11.6 Å². The van der Waals surface area contributed by atoms with E-state index in [1.807, 2.05) is 6.26 Å². The fourth-order valence-corrected chi connectivity index (χ4v) is 2.39. The Labute approximate surface area is 110 Å². The van der Waals surface area contributed by atoms with Gasteiger partial charge in [0.1, 0.15) is 5.56 Å². The van der Waals surface area contributed by atoms with Crippen LogP contribution in [0.2, 0.25) is 0 Å². The Kier molecular flexibility index (Phi) is 5.18. The van der Waals surface area contributed by atoms with Gasteiger partial charge in [-0.15, -0.1) is 0 Å². The molecule has 1 aromatic heterocycles. The molecular formula is C11H19N3O3S. The lowest BCUT2D eigenvalue weighted by Crippen LogP contribution is -2.40. The molecule has 0 amide bonds. The Hall–Kier alpha value is -1.05. The van der Waals surface area contributed by atoms with E-state index in [9.17, 15) is 9.90 Å². The van der Waals surface area contributed by atoms with Crippen molar-refractivity contribution in [3.8, 4) is 0 Å². The summed E-state index contributed by atoms with van der Waals surface area (Å²) in [5.41, 5.74) is -0.0153. The molecule has 0 bridgehead atoms. The molecule has 6 nitrogen and oxygen atoms in total. The molecule has 1 unspecified atom stereocenters. The summed E-state index contributed by atoms with van der Waals surface area (Å²) in [4.78, 5) is 11.0. The van der Waals surface area contributed by atoms with Crippen LogP contribution >= 0.6 is 11.8 Å². The highest BCUT2D eigenvalue weighted by atomic mass is 32.2. The molecule has 1 atom stereocenters. The number of carboxylic acids is 1. The van der Waals surface area contributed by atoms with Gasteiger partial charge in [-0.05, 0) is 13.2 Å². The van der Waals surface area contributed by atoms with Crippen LogP contribution in [-0.4, -0.2) is 50.1 Å². The first-order chi connectivity index (χ1) is 8.37. The van der Waals surface area contributed by atoms with Crippen molar-refractivity contribution in [1.29, 1.82) is 0 Å². The minimum absolute atomic E-state index is 0.189. The SMILES string of the molecule is CSCC(C)(O)CNCc1c(C(=O)O)cnn1C. The highest BCUT2D eigenvalue weighted by Crippen LogP contribution is 2.11. The predicted octanol–water partition coefficient (Wildman–Crippen LogP) is 0.322. The number of thioether (sulfide) groups is 1. The summed E-state index contributed by atoms with van der Waals surface area (Å²) < 4.78 is 1.53. The van der Waals surface area contributed by atoms with E-state index in [4.69, 9.17) is 5.11 Å². The fraction of sp³-hybridized carbons (Fsp3) is 0.636. The van der Waals surface area contributed by atoms with Crippen molar-refractivity contribution in [1.82, 2.24) is 15.1 Å². The first-order valence-corrected chi connectivity index (χ1v) is 6.93. The van der Waals surface area contributed by atoms with Crippen molar-refractivity contribution in [2.75, 3.05) is 18.6 Å². The van der Waals surface area contributed by atoms with Crippen LogP contribution in [0.4, 0.5) is 0 Å². The summed E-state index contributed by atoms with van der Waals surface area (Å²) in [6.07, 6.45) is 3.26. The molecule has 0 aromatic carbocycles. The number of aromatic nitrogens is 2. The highest BCUT2D eigenvalue weighted by molar-refractivity contribution is 7.98. The first-order valence-electron chi connectivity index (χ1n) is 5.53. The van der Waals surface area contributed by atoms with E-state index in [0.717, 1.165) is 0 Å². The summed E-state index contributed by atoms with van der Waals surface area (Å²) >= 11 is 1.57. The normalized spacial score (nSPS) is 14.4. The van der Waals surface area contributed by atoms with E-state index in [2.05, 4.69) is 10.4 Å². The van der Waals surface area contributed by atoms with E-state index >= 15 is 0 Å². The average molecular weight is 273 g/mol. The number of hydrogen-bond donors (Lipinski definition) is 3. The molecule has 0 fully saturated rings. The van der Waals surface area contributed by atoms with Crippen molar-refractivity contribution >= 4 is 17.7 Å². The van der Waals surface area contributed by atoms with E-state index in [1.54, 1.807) is 25.7 Å². The molecule has 18 heavy (non-hydrogen) atoms. The summed E-state index contributed by atoms with van der Waals surface area (Å²) in [5, 5.41) is 25.9. The van der Waals surface area contributed by atoms with Gasteiger partial charge in [-0.1, -0.05) is 0 Å². The van der Waals surface area contributed by atoms with Gasteiger partial charge in [-0.3, -0.25) is 4.68 Å². The number of nitrogens with one attached hydrogen (secondary N) is 1. The topological polar surface area (TPSA) is 87.4 Å². The molecule has 0 radical (unpaired) electrons. The second kappa shape index (κ2) is 6.21. The van der Waals surface area contributed by atoms with Crippen LogP contribution in [0.1, 0.15) is 23.0 Å². The largest absolute Gasteiger partial charge is 0.478 e. The molecule has 1 aromatic rings. The molecule has 7 heteroatoms.